The van der Waals surface area contributed by atoms with E-state index < -0.39 is 0 Å². The van der Waals surface area contributed by atoms with E-state index in [1.54, 1.807) is 0 Å². The summed E-state index contributed by atoms with van der Waals surface area (Å²) < 4.78 is 4.92. The van der Waals surface area contributed by atoms with Crippen molar-refractivity contribution < 1.29 is 0 Å². The normalized spacial score (nSPS) is 11.9. The second-order valence-corrected chi connectivity index (χ2v) is 17.1. The quantitative estimate of drug-likeness (QED) is 0.162. The van der Waals surface area contributed by atoms with E-state index in [-0.39, 0.29) is 0 Å². The summed E-state index contributed by atoms with van der Waals surface area (Å²) in [5.74, 6) is 0.717. The molecule has 0 atom stereocenters. The highest BCUT2D eigenvalue weighted by Crippen LogP contribution is 2.46. The molecule has 0 aliphatic carbocycles. The van der Waals surface area contributed by atoms with Crippen molar-refractivity contribution in [1.29, 1.82) is 0 Å². The van der Waals surface area contributed by atoms with Crippen molar-refractivity contribution in [3.8, 4) is 50.7 Å². The maximum absolute atomic E-state index is 5.38. The lowest BCUT2D eigenvalue weighted by atomic mass is 9.94. The SMILES string of the molecule is c1ccc(-c2cccc(-c3cc(-c4ccccc4)nc(-c4cccc5c4sc4c5ccc5c6ccccc6n(-c6ccc7c8ccccc8c8ccccc8c7c6)c54)n3)c2)cc1. The molecular formula is C58H35N3S. The van der Waals surface area contributed by atoms with Crippen molar-refractivity contribution in [2.24, 2.45) is 0 Å². The zero-order chi connectivity index (χ0) is 40.7. The van der Waals surface area contributed by atoms with Gasteiger partial charge in [-0.25, -0.2) is 9.97 Å². The van der Waals surface area contributed by atoms with Crippen LogP contribution in [-0.4, -0.2) is 14.5 Å². The molecule has 10 aromatic carbocycles. The van der Waals surface area contributed by atoms with Gasteiger partial charge in [0.1, 0.15) is 0 Å². The standard InChI is InChI=1S/C58H35N3S/c1-3-15-36(16-4-1)38-19-13-20-39(33-38)53-35-52(37-17-5-2-6-18-37)59-58(60-53)50-27-14-26-48-49-32-31-47-46-25-11-12-28-54(46)61(55(47)57(49)62-56(48)50)40-29-30-45-43-23-8-7-21-41(43)42-22-9-10-24-44(42)51(45)34-40/h1-35H. The average molecular weight is 806 g/mol. The first-order chi connectivity index (χ1) is 30.7. The van der Waals surface area contributed by atoms with Gasteiger partial charge < -0.3 is 4.57 Å². The van der Waals surface area contributed by atoms with E-state index in [0.29, 0.717) is 5.82 Å². The van der Waals surface area contributed by atoms with Crippen LogP contribution in [-0.2, 0) is 0 Å². The first kappa shape index (κ1) is 34.9. The minimum Gasteiger partial charge on any atom is -0.308 e. The van der Waals surface area contributed by atoms with Gasteiger partial charge >= 0.3 is 0 Å². The van der Waals surface area contributed by atoms with E-state index in [4.69, 9.17) is 9.97 Å². The summed E-state index contributed by atoms with van der Waals surface area (Å²) in [5.41, 5.74) is 10.8. The summed E-state index contributed by atoms with van der Waals surface area (Å²) in [4.78, 5) is 10.7. The third-order valence-electron chi connectivity index (χ3n) is 12.6. The molecule has 0 fully saturated rings. The molecule has 0 spiro atoms. The number of fused-ring (bicyclic) bond motifs is 13. The van der Waals surface area contributed by atoms with Crippen LogP contribution < -0.4 is 0 Å². The van der Waals surface area contributed by atoms with Crippen LogP contribution in [0.4, 0.5) is 0 Å². The van der Waals surface area contributed by atoms with Crippen molar-refractivity contribution in [2.75, 3.05) is 0 Å². The number of nitrogens with zero attached hydrogens (tertiary/aromatic N) is 3. The Morgan fingerprint density at radius 3 is 1.58 bits per heavy atom. The summed E-state index contributed by atoms with van der Waals surface area (Å²) in [5, 5.41) is 12.6. The van der Waals surface area contributed by atoms with Crippen molar-refractivity contribution in [3.05, 3.63) is 212 Å². The van der Waals surface area contributed by atoms with E-state index in [1.165, 1.54) is 79.9 Å². The number of hydrogen-bond acceptors (Lipinski definition) is 3. The Morgan fingerprint density at radius 2 is 0.839 bits per heavy atom. The van der Waals surface area contributed by atoms with Gasteiger partial charge in [0.2, 0.25) is 0 Å². The molecular weight excluding hydrogens is 771 g/mol. The Hall–Kier alpha value is -7.92. The van der Waals surface area contributed by atoms with E-state index >= 15 is 0 Å². The van der Waals surface area contributed by atoms with Crippen LogP contribution >= 0.6 is 11.3 Å². The summed E-state index contributed by atoms with van der Waals surface area (Å²) in [6.45, 7) is 0. The predicted octanol–water partition coefficient (Wildman–Crippen LogP) is 16.1. The molecule has 0 bridgehead atoms. The van der Waals surface area contributed by atoms with Crippen molar-refractivity contribution in [3.63, 3.8) is 0 Å². The van der Waals surface area contributed by atoms with Crippen LogP contribution in [0.25, 0.3) is 125 Å². The summed E-state index contributed by atoms with van der Waals surface area (Å²) in [6.07, 6.45) is 0. The first-order valence-corrected chi connectivity index (χ1v) is 21.9. The molecule has 0 saturated carbocycles. The number of hydrogen-bond donors (Lipinski definition) is 0. The van der Waals surface area contributed by atoms with Gasteiger partial charge in [-0.1, -0.05) is 176 Å². The zero-order valence-electron chi connectivity index (χ0n) is 33.5. The smallest absolute Gasteiger partial charge is 0.161 e. The van der Waals surface area contributed by atoms with Gasteiger partial charge in [0.05, 0.1) is 27.1 Å². The predicted molar refractivity (Wildman–Crippen MR) is 264 cm³/mol. The molecule has 13 aromatic rings. The van der Waals surface area contributed by atoms with Gasteiger partial charge in [0.15, 0.2) is 5.82 Å². The summed E-state index contributed by atoms with van der Waals surface area (Å²) >= 11 is 1.85. The molecule has 0 saturated heterocycles. The number of para-hydroxylation sites is 1. The summed E-state index contributed by atoms with van der Waals surface area (Å²) in [7, 11) is 0. The fourth-order valence-corrected chi connectivity index (χ4v) is 11.1. The third-order valence-corrected chi connectivity index (χ3v) is 13.8. The van der Waals surface area contributed by atoms with Crippen molar-refractivity contribution >= 4 is 85.6 Å². The molecule has 13 rings (SSSR count). The number of benzene rings is 10. The molecule has 3 heterocycles. The van der Waals surface area contributed by atoms with Gasteiger partial charge in [0, 0.05) is 48.6 Å². The second-order valence-electron chi connectivity index (χ2n) is 16.1. The first-order valence-electron chi connectivity index (χ1n) is 21.1. The topological polar surface area (TPSA) is 30.7 Å². The molecule has 0 amide bonds. The van der Waals surface area contributed by atoms with Gasteiger partial charge in [-0.15, -0.1) is 11.3 Å². The lowest BCUT2D eigenvalue weighted by molar-refractivity contribution is 1.19. The van der Waals surface area contributed by atoms with E-state index in [2.05, 4.69) is 217 Å². The number of aromatic nitrogens is 3. The molecule has 3 nitrogen and oxygen atoms in total. The molecule has 4 heteroatoms. The highest BCUT2D eigenvalue weighted by atomic mass is 32.1. The van der Waals surface area contributed by atoms with Crippen LogP contribution in [0.2, 0.25) is 0 Å². The lowest BCUT2D eigenvalue weighted by Gasteiger charge is -2.14. The lowest BCUT2D eigenvalue weighted by Crippen LogP contribution is -1.96. The van der Waals surface area contributed by atoms with Crippen LogP contribution in [0, 0.1) is 0 Å². The third kappa shape index (κ3) is 5.37. The van der Waals surface area contributed by atoms with Gasteiger partial charge in [-0.2, -0.15) is 0 Å². The molecule has 0 aliphatic heterocycles. The zero-order valence-corrected chi connectivity index (χ0v) is 34.3. The molecule has 0 radical (unpaired) electrons. The minimum absolute atomic E-state index is 0.717. The monoisotopic (exact) mass is 805 g/mol. The largest absolute Gasteiger partial charge is 0.308 e. The molecule has 3 aromatic heterocycles. The second kappa shape index (κ2) is 13.8. The Balaban J connectivity index is 1.06. The average Bonchev–Trinajstić information content (AvgIpc) is 3.91. The Kier molecular flexibility index (Phi) is 7.78. The van der Waals surface area contributed by atoms with Gasteiger partial charge in [-0.05, 0) is 79.8 Å². The number of thiophene rings is 1. The Labute approximate surface area is 361 Å². The molecule has 0 unspecified atom stereocenters. The summed E-state index contributed by atoms with van der Waals surface area (Å²) in [6, 6.07) is 76.6. The van der Waals surface area contributed by atoms with Crippen molar-refractivity contribution in [2.45, 2.75) is 0 Å². The Morgan fingerprint density at radius 1 is 0.323 bits per heavy atom. The fourth-order valence-electron chi connectivity index (χ4n) is 9.74. The maximum atomic E-state index is 5.38. The van der Waals surface area contributed by atoms with Crippen LogP contribution in [0.1, 0.15) is 0 Å². The van der Waals surface area contributed by atoms with E-state index in [0.717, 1.165) is 39.3 Å². The van der Waals surface area contributed by atoms with E-state index in [1.807, 2.05) is 11.3 Å². The Bertz CT molecular complexity index is 3880. The molecule has 0 aliphatic rings. The highest BCUT2D eigenvalue weighted by Gasteiger charge is 2.21. The van der Waals surface area contributed by atoms with Crippen LogP contribution in [0.3, 0.4) is 0 Å². The maximum Gasteiger partial charge on any atom is 0.161 e. The highest BCUT2D eigenvalue weighted by molar-refractivity contribution is 7.27. The van der Waals surface area contributed by atoms with Gasteiger partial charge in [0.25, 0.3) is 0 Å². The molecule has 0 N–H and O–H groups in total. The minimum atomic E-state index is 0.717. The van der Waals surface area contributed by atoms with E-state index in [9.17, 15) is 0 Å². The van der Waals surface area contributed by atoms with Crippen LogP contribution in [0.15, 0.2) is 212 Å². The number of rotatable bonds is 5. The molecule has 288 valence electrons. The van der Waals surface area contributed by atoms with Crippen molar-refractivity contribution in [1.82, 2.24) is 14.5 Å². The van der Waals surface area contributed by atoms with Gasteiger partial charge in [-0.3, -0.25) is 0 Å². The molecule has 62 heavy (non-hydrogen) atoms. The fraction of sp³-hybridized carbons (Fsp3) is 0. The van der Waals surface area contributed by atoms with Crippen LogP contribution in [0.5, 0.6) is 0 Å².